The van der Waals surface area contributed by atoms with E-state index in [1.54, 1.807) is 15.4 Å². The molecule has 136 valence electrons. The molecule has 26 heavy (non-hydrogen) atoms. The van der Waals surface area contributed by atoms with Crippen LogP contribution in [0.4, 0.5) is 0 Å². The van der Waals surface area contributed by atoms with E-state index in [-0.39, 0.29) is 11.5 Å². The molecule has 1 N–H and O–H groups in total. The molecule has 0 radical (unpaired) electrons. The van der Waals surface area contributed by atoms with Gasteiger partial charge in [0.1, 0.15) is 5.52 Å². The minimum absolute atomic E-state index is 0.0404. The van der Waals surface area contributed by atoms with Gasteiger partial charge in [-0.05, 0) is 12.5 Å². The van der Waals surface area contributed by atoms with Gasteiger partial charge in [-0.2, -0.15) is 5.10 Å². The quantitative estimate of drug-likeness (QED) is 0.762. The predicted molar refractivity (Wildman–Crippen MR) is 101 cm³/mol. The summed E-state index contributed by atoms with van der Waals surface area (Å²) in [5.74, 6) is 0.173. The molecule has 0 spiro atoms. The molecule has 7 nitrogen and oxygen atoms in total. The topological polar surface area (TPSA) is 72.2 Å². The van der Waals surface area contributed by atoms with Crippen LogP contribution >= 0.6 is 0 Å². The van der Waals surface area contributed by atoms with Crippen molar-refractivity contribution in [3.63, 3.8) is 0 Å². The minimum Gasteiger partial charge on any atom is -0.340 e. The SMILES string of the molecule is Cn1cc2c(=O)n(CCCC(=O)N3CCNCC3)c3ccccc3c2n1. The van der Waals surface area contributed by atoms with Crippen molar-refractivity contribution in [3.05, 3.63) is 40.8 Å². The lowest BCUT2D eigenvalue weighted by Gasteiger charge is -2.27. The Balaban J connectivity index is 1.60. The van der Waals surface area contributed by atoms with E-state index in [9.17, 15) is 9.59 Å². The lowest BCUT2D eigenvalue weighted by Crippen LogP contribution is -2.46. The number of hydrogen-bond acceptors (Lipinski definition) is 4. The lowest BCUT2D eigenvalue weighted by molar-refractivity contribution is -0.131. The van der Waals surface area contributed by atoms with Gasteiger partial charge in [-0.3, -0.25) is 14.3 Å². The second-order valence-corrected chi connectivity index (χ2v) is 6.77. The zero-order chi connectivity index (χ0) is 18.1. The maximum atomic E-state index is 12.9. The number of pyridine rings is 1. The number of hydrogen-bond donors (Lipinski definition) is 1. The van der Waals surface area contributed by atoms with Crippen LogP contribution in [0.5, 0.6) is 0 Å². The van der Waals surface area contributed by atoms with Crippen molar-refractivity contribution in [2.45, 2.75) is 19.4 Å². The largest absolute Gasteiger partial charge is 0.340 e. The van der Waals surface area contributed by atoms with Gasteiger partial charge in [0.15, 0.2) is 0 Å². The van der Waals surface area contributed by atoms with Gasteiger partial charge in [0.05, 0.1) is 10.9 Å². The van der Waals surface area contributed by atoms with Gasteiger partial charge in [0.2, 0.25) is 5.91 Å². The van der Waals surface area contributed by atoms with Crippen molar-refractivity contribution in [1.82, 2.24) is 24.6 Å². The molecule has 0 atom stereocenters. The Kier molecular flexibility index (Phi) is 4.46. The van der Waals surface area contributed by atoms with Crippen LogP contribution in [0.2, 0.25) is 0 Å². The summed E-state index contributed by atoms with van der Waals surface area (Å²) in [7, 11) is 1.82. The highest BCUT2D eigenvalue weighted by Crippen LogP contribution is 2.21. The Hall–Kier alpha value is -2.67. The zero-order valence-electron chi connectivity index (χ0n) is 14.9. The molecule has 1 aliphatic rings. The average Bonchev–Trinajstić information content (AvgIpc) is 3.07. The number of carbonyl (C=O) groups is 1. The fourth-order valence-corrected chi connectivity index (χ4v) is 3.69. The summed E-state index contributed by atoms with van der Waals surface area (Å²) in [6.45, 7) is 3.77. The van der Waals surface area contributed by atoms with Crippen LogP contribution in [-0.4, -0.2) is 51.3 Å². The number of fused-ring (bicyclic) bond motifs is 3. The second-order valence-electron chi connectivity index (χ2n) is 6.77. The number of aryl methyl sites for hydroxylation is 2. The molecule has 1 aromatic carbocycles. The molecular weight excluding hydrogens is 330 g/mol. The van der Waals surface area contributed by atoms with Crippen molar-refractivity contribution in [2.24, 2.45) is 7.05 Å². The summed E-state index contributed by atoms with van der Waals surface area (Å²) in [6, 6.07) is 7.83. The van der Waals surface area contributed by atoms with E-state index in [0.717, 1.165) is 42.6 Å². The highest BCUT2D eigenvalue weighted by molar-refractivity contribution is 6.02. The number of amides is 1. The Morgan fingerprint density at radius 1 is 1.19 bits per heavy atom. The molecule has 2 aromatic heterocycles. The van der Waals surface area contributed by atoms with Crippen LogP contribution in [0.25, 0.3) is 21.8 Å². The number of benzene rings is 1. The molecule has 1 aliphatic heterocycles. The summed E-state index contributed by atoms with van der Waals surface area (Å²) in [5, 5.41) is 9.29. The van der Waals surface area contributed by atoms with Crippen molar-refractivity contribution in [3.8, 4) is 0 Å². The predicted octanol–water partition coefficient (Wildman–Crippen LogP) is 1.10. The summed E-state index contributed by atoms with van der Waals surface area (Å²) < 4.78 is 3.46. The third kappa shape index (κ3) is 2.99. The van der Waals surface area contributed by atoms with Gasteiger partial charge in [-0.15, -0.1) is 0 Å². The maximum absolute atomic E-state index is 12.9. The number of carbonyl (C=O) groups excluding carboxylic acids is 1. The van der Waals surface area contributed by atoms with Crippen LogP contribution in [0.1, 0.15) is 12.8 Å². The number of para-hydroxylation sites is 1. The number of aromatic nitrogens is 3. The highest BCUT2D eigenvalue weighted by Gasteiger charge is 2.17. The average molecular weight is 353 g/mol. The standard InChI is InChI=1S/C19H23N5O2/c1-22-13-15-18(21-22)14-5-2-3-6-16(14)24(19(15)26)10-4-7-17(25)23-11-8-20-9-12-23/h2-3,5-6,13,20H,4,7-12H2,1H3. The van der Waals surface area contributed by atoms with Crippen molar-refractivity contribution >= 4 is 27.7 Å². The van der Waals surface area contributed by atoms with Crippen molar-refractivity contribution in [1.29, 1.82) is 0 Å². The monoisotopic (exact) mass is 353 g/mol. The van der Waals surface area contributed by atoms with Gasteiger partial charge in [0.25, 0.3) is 5.56 Å². The number of nitrogens with one attached hydrogen (secondary N) is 1. The fourth-order valence-electron chi connectivity index (χ4n) is 3.69. The van der Waals surface area contributed by atoms with E-state index in [0.29, 0.717) is 24.8 Å². The second kappa shape index (κ2) is 6.92. The fraction of sp³-hybridized carbons (Fsp3) is 0.421. The zero-order valence-corrected chi connectivity index (χ0v) is 14.9. The molecule has 1 fully saturated rings. The molecule has 0 saturated carbocycles. The van der Waals surface area contributed by atoms with Crippen LogP contribution in [0.15, 0.2) is 35.3 Å². The number of piperazine rings is 1. The van der Waals surface area contributed by atoms with Gasteiger partial charge < -0.3 is 14.8 Å². The van der Waals surface area contributed by atoms with E-state index in [2.05, 4.69) is 10.4 Å². The first-order valence-corrected chi connectivity index (χ1v) is 9.08. The van der Waals surface area contributed by atoms with E-state index in [1.165, 1.54) is 0 Å². The third-order valence-corrected chi connectivity index (χ3v) is 5.00. The Morgan fingerprint density at radius 3 is 2.77 bits per heavy atom. The van der Waals surface area contributed by atoms with Crippen molar-refractivity contribution < 1.29 is 4.79 Å². The molecule has 7 heteroatoms. The first-order chi connectivity index (χ1) is 12.6. The van der Waals surface area contributed by atoms with Gasteiger partial charge in [-0.1, -0.05) is 18.2 Å². The van der Waals surface area contributed by atoms with Gasteiger partial charge >= 0.3 is 0 Å². The molecule has 0 aliphatic carbocycles. The lowest BCUT2D eigenvalue weighted by atomic mass is 10.1. The number of nitrogens with zero attached hydrogens (tertiary/aromatic N) is 4. The molecule has 4 rings (SSSR count). The van der Waals surface area contributed by atoms with Gasteiger partial charge in [-0.25, -0.2) is 0 Å². The number of rotatable bonds is 4. The molecule has 1 amide bonds. The first-order valence-electron chi connectivity index (χ1n) is 9.08. The maximum Gasteiger partial charge on any atom is 0.262 e. The van der Waals surface area contributed by atoms with E-state index >= 15 is 0 Å². The van der Waals surface area contributed by atoms with E-state index < -0.39 is 0 Å². The molecular formula is C19H23N5O2. The molecule has 1 saturated heterocycles. The van der Waals surface area contributed by atoms with Crippen LogP contribution < -0.4 is 10.9 Å². The minimum atomic E-state index is -0.0404. The Bertz CT molecular complexity index is 1010. The summed E-state index contributed by atoms with van der Waals surface area (Å²) in [6.07, 6.45) is 2.89. The van der Waals surface area contributed by atoms with E-state index in [1.807, 2.05) is 36.2 Å². The first kappa shape index (κ1) is 16.8. The summed E-state index contributed by atoms with van der Waals surface area (Å²) >= 11 is 0. The smallest absolute Gasteiger partial charge is 0.262 e. The molecule has 0 unspecified atom stereocenters. The summed E-state index contributed by atoms with van der Waals surface area (Å²) in [4.78, 5) is 27.2. The summed E-state index contributed by atoms with van der Waals surface area (Å²) in [5.41, 5.74) is 1.57. The van der Waals surface area contributed by atoms with Crippen LogP contribution in [0, 0.1) is 0 Å². The Morgan fingerprint density at radius 2 is 1.96 bits per heavy atom. The molecule has 3 heterocycles. The third-order valence-electron chi connectivity index (χ3n) is 5.00. The van der Waals surface area contributed by atoms with Gasteiger partial charge in [0, 0.05) is 57.8 Å². The van der Waals surface area contributed by atoms with Crippen LogP contribution in [0.3, 0.4) is 0 Å². The molecule has 0 bridgehead atoms. The van der Waals surface area contributed by atoms with Crippen molar-refractivity contribution in [2.75, 3.05) is 26.2 Å². The van der Waals surface area contributed by atoms with Crippen LogP contribution in [-0.2, 0) is 18.4 Å². The molecule has 3 aromatic rings. The Labute approximate surface area is 151 Å². The normalized spacial score (nSPS) is 15.0. The van der Waals surface area contributed by atoms with E-state index in [4.69, 9.17) is 0 Å². The highest BCUT2D eigenvalue weighted by atomic mass is 16.2.